The van der Waals surface area contributed by atoms with Gasteiger partial charge in [0.1, 0.15) is 0 Å². The number of benzene rings is 1. The van der Waals surface area contributed by atoms with Crippen molar-refractivity contribution in [2.75, 3.05) is 24.3 Å². The fourth-order valence-electron chi connectivity index (χ4n) is 1.20. The molecule has 0 saturated heterocycles. The molecule has 0 aromatic heterocycles. The van der Waals surface area contributed by atoms with Crippen molar-refractivity contribution in [3.63, 3.8) is 0 Å². The van der Waals surface area contributed by atoms with Crippen LogP contribution in [0.25, 0.3) is 0 Å². The summed E-state index contributed by atoms with van der Waals surface area (Å²) in [4.78, 5) is 13.3. The predicted octanol–water partition coefficient (Wildman–Crippen LogP) is 2.71. The van der Waals surface area contributed by atoms with Gasteiger partial charge >= 0.3 is 6.09 Å². The lowest BCUT2D eigenvalue weighted by Crippen LogP contribution is -2.18. The second kappa shape index (κ2) is 5.39. The predicted molar refractivity (Wildman–Crippen MR) is 66.0 cm³/mol. The van der Waals surface area contributed by atoms with Crippen LogP contribution in [0.1, 0.15) is 13.8 Å². The lowest BCUT2D eigenvalue weighted by Gasteiger charge is -2.13. The molecular weight excluding hydrogens is 204 g/mol. The van der Waals surface area contributed by atoms with E-state index in [0.717, 1.165) is 11.4 Å². The Bertz CT molecular complexity index is 345. The molecule has 1 amide bonds. The van der Waals surface area contributed by atoms with Gasteiger partial charge in [-0.2, -0.15) is 0 Å². The highest BCUT2D eigenvalue weighted by molar-refractivity contribution is 5.84. The zero-order chi connectivity index (χ0) is 12.1. The van der Waals surface area contributed by atoms with Crippen LogP contribution in [-0.4, -0.2) is 26.3 Å². The number of amides is 1. The number of carbonyl (C=O) groups excluding carboxylic acids is 1. The summed E-state index contributed by atoms with van der Waals surface area (Å²) in [6.45, 7) is 3.63. The molecule has 0 aliphatic carbocycles. The Morgan fingerprint density at radius 2 is 1.81 bits per heavy atom. The van der Waals surface area contributed by atoms with Gasteiger partial charge in [0, 0.05) is 25.5 Å². The summed E-state index contributed by atoms with van der Waals surface area (Å²) in [5.74, 6) is 0. The van der Waals surface area contributed by atoms with Crippen molar-refractivity contribution >= 4 is 17.5 Å². The van der Waals surface area contributed by atoms with Crippen LogP contribution >= 0.6 is 0 Å². The van der Waals surface area contributed by atoms with E-state index < -0.39 is 6.09 Å². The Kier molecular flexibility index (Phi) is 4.17. The average molecular weight is 222 g/mol. The maximum atomic E-state index is 11.3. The molecule has 1 aromatic carbocycles. The van der Waals surface area contributed by atoms with Gasteiger partial charge in [0.05, 0.1) is 6.10 Å². The molecule has 0 bridgehead atoms. The molecule has 16 heavy (non-hydrogen) atoms. The van der Waals surface area contributed by atoms with Gasteiger partial charge in [0.25, 0.3) is 0 Å². The summed E-state index contributed by atoms with van der Waals surface area (Å²) in [5.41, 5.74) is 1.82. The number of nitrogens with one attached hydrogen (secondary N) is 1. The number of rotatable bonds is 3. The maximum Gasteiger partial charge on any atom is 0.411 e. The monoisotopic (exact) mass is 222 g/mol. The van der Waals surface area contributed by atoms with E-state index in [4.69, 9.17) is 4.74 Å². The van der Waals surface area contributed by atoms with Crippen LogP contribution < -0.4 is 10.2 Å². The second-order valence-electron chi connectivity index (χ2n) is 4.02. The van der Waals surface area contributed by atoms with Crippen molar-refractivity contribution in [3.8, 4) is 0 Å². The number of anilines is 2. The number of ether oxygens (including phenoxy) is 1. The Balaban J connectivity index is 2.58. The molecule has 0 saturated carbocycles. The summed E-state index contributed by atoms with van der Waals surface area (Å²) >= 11 is 0. The van der Waals surface area contributed by atoms with Crippen LogP contribution in [0, 0.1) is 0 Å². The fraction of sp³-hybridized carbons (Fsp3) is 0.417. The molecule has 0 spiro atoms. The zero-order valence-electron chi connectivity index (χ0n) is 10.2. The smallest absolute Gasteiger partial charge is 0.411 e. The van der Waals surface area contributed by atoms with E-state index in [-0.39, 0.29) is 6.10 Å². The molecule has 1 rings (SSSR count). The maximum absolute atomic E-state index is 11.3. The van der Waals surface area contributed by atoms with Gasteiger partial charge in [-0.25, -0.2) is 4.79 Å². The molecule has 4 nitrogen and oxygen atoms in total. The SMILES string of the molecule is CC(C)OC(=O)Nc1ccc(N(C)C)cc1. The van der Waals surface area contributed by atoms with E-state index in [1.807, 2.05) is 57.1 Å². The van der Waals surface area contributed by atoms with Gasteiger partial charge in [0.2, 0.25) is 0 Å². The standard InChI is InChI=1S/C12H18N2O2/c1-9(2)16-12(15)13-10-5-7-11(8-6-10)14(3)4/h5-9H,1-4H3,(H,13,15). The Morgan fingerprint density at radius 3 is 2.25 bits per heavy atom. The number of hydrogen-bond acceptors (Lipinski definition) is 3. The quantitative estimate of drug-likeness (QED) is 0.855. The van der Waals surface area contributed by atoms with Crippen LogP contribution in [0.2, 0.25) is 0 Å². The van der Waals surface area contributed by atoms with Crippen molar-refractivity contribution in [2.45, 2.75) is 20.0 Å². The normalized spacial score (nSPS) is 10.1. The summed E-state index contributed by atoms with van der Waals surface area (Å²) in [6.07, 6.45) is -0.534. The van der Waals surface area contributed by atoms with E-state index in [0.29, 0.717) is 0 Å². The number of carbonyl (C=O) groups is 1. The van der Waals surface area contributed by atoms with Gasteiger partial charge < -0.3 is 9.64 Å². The van der Waals surface area contributed by atoms with Crippen molar-refractivity contribution in [1.29, 1.82) is 0 Å². The lowest BCUT2D eigenvalue weighted by molar-refractivity contribution is 0.130. The van der Waals surface area contributed by atoms with Gasteiger partial charge in [-0.15, -0.1) is 0 Å². The van der Waals surface area contributed by atoms with Gasteiger partial charge in [0.15, 0.2) is 0 Å². The zero-order valence-corrected chi connectivity index (χ0v) is 10.2. The van der Waals surface area contributed by atoms with E-state index in [2.05, 4.69) is 5.32 Å². The van der Waals surface area contributed by atoms with Gasteiger partial charge in [-0.1, -0.05) is 0 Å². The summed E-state index contributed by atoms with van der Waals surface area (Å²) < 4.78 is 4.97. The van der Waals surface area contributed by atoms with Gasteiger partial charge in [-0.3, -0.25) is 5.32 Å². The molecule has 0 aliphatic rings. The summed E-state index contributed by atoms with van der Waals surface area (Å²) in [7, 11) is 3.94. The lowest BCUT2D eigenvalue weighted by atomic mass is 10.2. The Labute approximate surface area is 96.2 Å². The van der Waals surface area contributed by atoms with Crippen molar-refractivity contribution in [3.05, 3.63) is 24.3 Å². The largest absolute Gasteiger partial charge is 0.447 e. The fourth-order valence-corrected chi connectivity index (χ4v) is 1.20. The van der Waals surface area contributed by atoms with Crippen LogP contribution in [0.15, 0.2) is 24.3 Å². The van der Waals surface area contributed by atoms with Crippen LogP contribution in [0.4, 0.5) is 16.2 Å². The Morgan fingerprint density at radius 1 is 1.25 bits per heavy atom. The summed E-state index contributed by atoms with van der Waals surface area (Å²) in [5, 5.41) is 2.66. The molecule has 0 unspecified atom stereocenters. The average Bonchev–Trinajstić information content (AvgIpc) is 2.16. The van der Waals surface area contributed by atoms with Crippen LogP contribution in [-0.2, 0) is 4.74 Å². The first-order valence-electron chi connectivity index (χ1n) is 5.24. The molecular formula is C12H18N2O2. The topological polar surface area (TPSA) is 41.6 Å². The summed E-state index contributed by atoms with van der Waals surface area (Å²) in [6, 6.07) is 7.56. The van der Waals surface area contributed by atoms with Crippen LogP contribution in [0.3, 0.4) is 0 Å². The molecule has 1 aromatic rings. The third-order valence-electron chi connectivity index (χ3n) is 1.97. The number of hydrogen-bond donors (Lipinski definition) is 1. The molecule has 0 aliphatic heterocycles. The molecule has 0 radical (unpaired) electrons. The molecule has 4 heteroatoms. The molecule has 0 atom stereocenters. The van der Waals surface area contributed by atoms with E-state index in [1.54, 1.807) is 0 Å². The van der Waals surface area contributed by atoms with E-state index in [9.17, 15) is 4.79 Å². The molecule has 88 valence electrons. The molecule has 1 N–H and O–H groups in total. The van der Waals surface area contributed by atoms with E-state index in [1.165, 1.54) is 0 Å². The third kappa shape index (κ3) is 3.81. The number of nitrogens with zero attached hydrogens (tertiary/aromatic N) is 1. The third-order valence-corrected chi connectivity index (χ3v) is 1.97. The molecule has 0 fully saturated rings. The minimum absolute atomic E-state index is 0.110. The van der Waals surface area contributed by atoms with Crippen LogP contribution in [0.5, 0.6) is 0 Å². The Hall–Kier alpha value is -1.71. The molecule has 0 heterocycles. The first kappa shape index (κ1) is 12.4. The second-order valence-corrected chi connectivity index (χ2v) is 4.02. The highest BCUT2D eigenvalue weighted by atomic mass is 16.6. The van der Waals surface area contributed by atoms with Crippen molar-refractivity contribution in [1.82, 2.24) is 0 Å². The van der Waals surface area contributed by atoms with Gasteiger partial charge in [-0.05, 0) is 38.1 Å². The minimum Gasteiger partial charge on any atom is -0.447 e. The van der Waals surface area contributed by atoms with E-state index >= 15 is 0 Å². The first-order chi connectivity index (χ1) is 7.49. The first-order valence-corrected chi connectivity index (χ1v) is 5.24. The highest BCUT2D eigenvalue weighted by Gasteiger charge is 2.05. The van der Waals surface area contributed by atoms with Crippen molar-refractivity contribution < 1.29 is 9.53 Å². The minimum atomic E-state index is -0.424. The highest BCUT2D eigenvalue weighted by Crippen LogP contribution is 2.15. The van der Waals surface area contributed by atoms with Crippen molar-refractivity contribution in [2.24, 2.45) is 0 Å².